The molecule has 0 unspecified atom stereocenters. The van der Waals surface area contributed by atoms with Crippen LogP contribution in [-0.2, 0) is 0 Å². The van der Waals surface area contributed by atoms with E-state index in [0.29, 0.717) is 0 Å². The fourth-order valence-corrected chi connectivity index (χ4v) is 1.96. The van der Waals surface area contributed by atoms with Gasteiger partial charge in [0.05, 0.1) is 11.9 Å². The van der Waals surface area contributed by atoms with Gasteiger partial charge in [0.25, 0.3) is 0 Å². The zero-order chi connectivity index (χ0) is 14.9. The maximum absolute atomic E-state index is 4.43. The second-order valence-corrected chi connectivity index (χ2v) is 4.07. The van der Waals surface area contributed by atoms with Crippen molar-refractivity contribution in [2.75, 3.05) is 4.90 Å². The van der Waals surface area contributed by atoms with Crippen LogP contribution in [0.4, 0.5) is 17.2 Å². The molecule has 0 aliphatic carbocycles. The van der Waals surface area contributed by atoms with Crippen LogP contribution >= 0.6 is 0 Å². The summed E-state index contributed by atoms with van der Waals surface area (Å²) in [5, 5.41) is 0. The number of rotatable bonds is 3. The van der Waals surface area contributed by atoms with Crippen molar-refractivity contribution in [1.29, 1.82) is 0 Å². The molecule has 3 rings (SSSR count). The van der Waals surface area contributed by atoms with E-state index in [9.17, 15) is 0 Å². The molecule has 2 heterocycles. The molecule has 0 saturated heterocycles. The van der Waals surface area contributed by atoms with Crippen molar-refractivity contribution in [2.45, 2.75) is 13.8 Å². The quantitative estimate of drug-likeness (QED) is 0.676. The molecule has 3 nitrogen and oxygen atoms in total. The molecule has 0 saturated carbocycles. The van der Waals surface area contributed by atoms with E-state index in [1.165, 1.54) is 0 Å². The lowest BCUT2D eigenvalue weighted by Gasteiger charge is -2.23. The highest BCUT2D eigenvalue weighted by Gasteiger charge is 2.12. The minimum Gasteiger partial charge on any atom is -0.293 e. The molecule has 0 fully saturated rings. The van der Waals surface area contributed by atoms with Gasteiger partial charge in [-0.15, -0.1) is 0 Å². The predicted molar refractivity (Wildman–Crippen MR) is 88.1 cm³/mol. The average Bonchev–Trinajstić information content (AvgIpc) is 2.60. The van der Waals surface area contributed by atoms with E-state index in [0.717, 1.165) is 17.2 Å². The monoisotopic (exact) mass is 277 g/mol. The van der Waals surface area contributed by atoms with Gasteiger partial charge in [-0.1, -0.05) is 38.1 Å². The fourth-order valence-electron chi connectivity index (χ4n) is 1.96. The van der Waals surface area contributed by atoms with E-state index < -0.39 is 0 Å². The minimum absolute atomic E-state index is 0.877. The molecule has 0 spiro atoms. The third-order valence-electron chi connectivity index (χ3n) is 2.80. The zero-order valence-corrected chi connectivity index (χ0v) is 12.3. The van der Waals surface area contributed by atoms with E-state index in [2.05, 4.69) is 27.0 Å². The normalized spacial score (nSPS) is 9.43. The number of pyridine rings is 2. The van der Waals surface area contributed by atoms with E-state index in [1.54, 1.807) is 12.4 Å². The Bertz CT molecular complexity index is 530. The van der Waals surface area contributed by atoms with E-state index in [-0.39, 0.29) is 0 Å². The molecule has 0 amide bonds. The number of aromatic nitrogens is 2. The van der Waals surface area contributed by atoms with Gasteiger partial charge in [-0.3, -0.25) is 9.88 Å². The average molecular weight is 277 g/mol. The Balaban J connectivity index is 0.000000774. The zero-order valence-electron chi connectivity index (χ0n) is 12.3. The Morgan fingerprint density at radius 3 is 2.05 bits per heavy atom. The van der Waals surface area contributed by atoms with Gasteiger partial charge in [0.1, 0.15) is 5.82 Å². The summed E-state index contributed by atoms with van der Waals surface area (Å²) in [5.74, 6) is 0.877. The highest BCUT2D eigenvalue weighted by molar-refractivity contribution is 5.73. The Hall–Kier alpha value is -2.68. The summed E-state index contributed by atoms with van der Waals surface area (Å²) in [6.07, 6.45) is 5.40. The first kappa shape index (κ1) is 14.7. The molecule has 0 bridgehead atoms. The third kappa shape index (κ3) is 3.66. The predicted octanol–water partition coefficient (Wildman–Crippen LogP) is 4.97. The summed E-state index contributed by atoms with van der Waals surface area (Å²) < 4.78 is 0. The molecule has 0 atom stereocenters. The van der Waals surface area contributed by atoms with Crippen molar-refractivity contribution >= 4 is 17.2 Å². The smallest absolute Gasteiger partial charge is 0.137 e. The summed E-state index contributed by atoms with van der Waals surface area (Å²) in [6, 6.07) is 20.0. The summed E-state index contributed by atoms with van der Waals surface area (Å²) in [7, 11) is 0. The Morgan fingerprint density at radius 1 is 0.714 bits per heavy atom. The van der Waals surface area contributed by atoms with Gasteiger partial charge in [0, 0.05) is 18.1 Å². The van der Waals surface area contributed by atoms with Crippen LogP contribution in [-0.4, -0.2) is 9.97 Å². The highest BCUT2D eigenvalue weighted by Crippen LogP contribution is 2.31. The first-order chi connectivity index (χ1) is 10.4. The van der Waals surface area contributed by atoms with Crippen molar-refractivity contribution in [3.05, 3.63) is 79.3 Å². The number of hydrogen-bond donors (Lipinski definition) is 0. The van der Waals surface area contributed by atoms with E-state index in [1.807, 2.05) is 68.6 Å². The topological polar surface area (TPSA) is 29.0 Å². The lowest BCUT2D eigenvalue weighted by atomic mass is 10.2. The summed E-state index contributed by atoms with van der Waals surface area (Å²) in [5.41, 5.74) is 2.06. The summed E-state index contributed by atoms with van der Waals surface area (Å²) in [4.78, 5) is 10.7. The van der Waals surface area contributed by atoms with Crippen molar-refractivity contribution < 1.29 is 0 Å². The van der Waals surface area contributed by atoms with Crippen LogP contribution in [0, 0.1) is 0 Å². The van der Waals surface area contributed by atoms with Gasteiger partial charge in [0.15, 0.2) is 0 Å². The maximum atomic E-state index is 4.43. The Labute approximate surface area is 125 Å². The molecular formula is C18H19N3. The molecule has 0 radical (unpaired) electrons. The van der Waals surface area contributed by atoms with Crippen LogP contribution in [0.25, 0.3) is 0 Å². The van der Waals surface area contributed by atoms with Crippen molar-refractivity contribution in [2.24, 2.45) is 0 Å². The molecule has 3 aromatic rings. The van der Waals surface area contributed by atoms with Gasteiger partial charge in [-0.25, -0.2) is 4.98 Å². The lowest BCUT2D eigenvalue weighted by Crippen LogP contribution is -2.11. The molecule has 21 heavy (non-hydrogen) atoms. The molecule has 0 aliphatic rings. The van der Waals surface area contributed by atoms with Crippen LogP contribution in [0.15, 0.2) is 79.3 Å². The molecule has 2 aromatic heterocycles. The van der Waals surface area contributed by atoms with Crippen molar-refractivity contribution in [3.8, 4) is 0 Å². The highest BCUT2D eigenvalue weighted by atomic mass is 15.2. The van der Waals surface area contributed by atoms with Crippen LogP contribution < -0.4 is 4.90 Å². The number of para-hydroxylation sites is 1. The number of hydrogen-bond acceptors (Lipinski definition) is 3. The molecule has 106 valence electrons. The van der Waals surface area contributed by atoms with Crippen molar-refractivity contribution in [3.63, 3.8) is 0 Å². The van der Waals surface area contributed by atoms with Gasteiger partial charge in [-0.05, 0) is 36.4 Å². The SMILES string of the molecule is CC.c1ccc(N(c2cccnc2)c2ccccn2)cc1. The maximum Gasteiger partial charge on any atom is 0.137 e. The van der Waals surface area contributed by atoms with Crippen LogP contribution in [0.1, 0.15) is 13.8 Å². The van der Waals surface area contributed by atoms with Crippen LogP contribution in [0.3, 0.4) is 0 Å². The van der Waals surface area contributed by atoms with E-state index in [4.69, 9.17) is 0 Å². The number of benzene rings is 1. The van der Waals surface area contributed by atoms with Gasteiger partial charge >= 0.3 is 0 Å². The molecule has 3 heteroatoms. The summed E-state index contributed by atoms with van der Waals surface area (Å²) in [6.45, 7) is 4.00. The molecule has 0 aliphatic heterocycles. The van der Waals surface area contributed by atoms with Gasteiger partial charge in [-0.2, -0.15) is 0 Å². The Morgan fingerprint density at radius 2 is 1.43 bits per heavy atom. The van der Waals surface area contributed by atoms with E-state index >= 15 is 0 Å². The second-order valence-electron chi connectivity index (χ2n) is 4.07. The minimum atomic E-state index is 0.877. The third-order valence-corrected chi connectivity index (χ3v) is 2.80. The second kappa shape index (κ2) is 7.80. The fraction of sp³-hybridized carbons (Fsp3) is 0.111. The summed E-state index contributed by atoms with van der Waals surface area (Å²) >= 11 is 0. The van der Waals surface area contributed by atoms with Crippen LogP contribution in [0.5, 0.6) is 0 Å². The van der Waals surface area contributed by atoms with Crippen LogP contribution in [0.2, 0.25) is 0 Å². The largest absolute Gasteiger partial charge is 0.293 e. The molecule has 1 aromatic carbocycles. The number of anilines is 3. The van der Waals surface area contributed by atoms with Gasteiger partial charge < -0.3 is 0 Å². The first-order valence-corrected chi connectivity index (χ1v) is 7.11. The first-order valence-electron chi connectivity index (χ1n) is 7.11. The number of nitrogens with zero attached hydrogens (tertiary/aromatic N) is 3. The molecular weight excluding hydrogens is 258 g/mol. The lowest BCUT2D eigenvalue weighted by molar-refractivity contribution is 1.16. The standard InChI is InChI=1S/C16H13N3.C2H6/c1-2-7-14(8-3-1)19(15-9-6-11-17-13-15)16-10-4-5-12-18-16;1-2/h1-13H;1-2H3. The Kier molecular flexibility index (Phi) is 5.47. The molecule has 0 N–H and O–H groups in total. The van der Waals surface area contributed by atoms with Crippen molar-refractivity contribution in [1.82, 2.24) is 9.97 Å². The van der Waals surface area contributed by atoms with Gasteiger partial charge in [0.2, 0.25) is 0 Å².